The number of pyridine rings is 1. The molecule has 5 rings (SSSR count). The number of hydrogen-bond donors (Lipinski definition) is 3. The number of alkyl halides is 1. The summed E-state index contributed by atoms with van der Waals surface area (Å²) in [5.41, 5.74) is 1.60. The van der Waals surface area contributed by atoms with Crippen molar-refractivity contribution < 1.29 is 9.18 Å². The van der Waals surface area contributed by atoms with Gasteiger partial charge in [-0.15, -0.1) is 0 Å². The van der Waals surface area contributed by atoms with Crippen LogP contribution in [-0.4, -0.2) is 46.2 Å². The van der Waals surface area contributed by atoms with Crippen LogP contribution in [0.15, 0.2) is 42.9 Å². The fourth-order valence-corrected chi connectivity index (χ4v) is 3.69. The van der Waals surface area contributed by atoms with Gasteiger partial charge in [0.1, 0.15) is 17.8 Å². The molecule has 1 saturated heterocycles. The molecule has 3 N–H and O–H groups in total. The first kappa shape index (κ1) is 18.9. The van der Waals surface area contributed by atoms with Gasteiger partial charge in [0.2, 0.25) is 5.91 Å². The van der Waals surface area contributed by atoms with Crippen molar-refractivity contribution in [2.24, 2.45) is 5.92 Å². The summed E-state index contributed by atoms with van der Waals surface area (Å²) in [4.78, 5) is 25.3. The first-order valence-corrected chi connectivity index (χ1v) is 10.3. The number of fused-ring (bicyclic) bond motifs is 1. The average molecular weight is 406 g/mol. The zero-order valence-corrected chi connectivity index (χ0v) is 16.4. The number of anilines is 2. The lowest BCUT2D eigenvalue weighted by atomic mass is 10.1. The van der Waals surface area contributed by atoms with E-state index in [-0.39, 0.29) is 17.9 Å². The van der Waals surface area contributed by atoms with Crippen LogP contribution in [0, 0.1) is 5.92 Å². The molecule has 3 aromatic rings. The zero-order chi connectivity index (χ0) is 20.5. The van der Waals surface area contributed by atoms with E-state index in [1.54, 1.807) is 18.6 Å². The van der Waals surface area contributed by atoms with Gasteiger partial charge in [0.15, 0.2) is 0 Å². The van der Waals surface area contributed by atoms with E-state index in [9.17, 15) is 9.18 Å². The minimum Gasteiger partial charge on any atom is -0.363 e. The lowest BCUT2D eigenvalue weighted by Gasteiger charge is -2.27. The third-order valence-electron chi connectivity index (χ3n) is 5.59. The molecule has 2 aliphatic rings. The van der Waals surface area contributed by atoms with Crippen molar-refractivity contribution in [3.05, 3.63) is 42.9 Å². The number of piperidine rings is 1. The van der Waals surface area contributed by atoms with Gasteiger partial charge in [-0.1, -0.05) is 12.1 Å². The third kappa shape index (κ3) is 4.09. The molecule has 2 fully saturated rings. The Morgan fingerprint density at radius 3 is 2.80 bits per heavy atom. The summed E-state index contributed by atoms with van der Waals surface area (Å²) >= 11 is 0. The summed E-state index contributed by atoms with van der Waals surface area (Å²) in [7, 11) is 0. The Balaban J connectivity index is 1.38. The van der Waals surface area contributed by atoms with Crippen molar-refractivity contribution in [1.29, 1.82) is 0 Å². The number of nitrogens with zero attached hydrogens (tertiary/aromatic N) is 3. The zero-order valence-electron chi connectivity index (χ0n) is 16.4. The van der Waals surface area contributed by atoms with Crippen molar-refractivity contribution in [2.75, 3.05) is 23.7 Å². The molecule has 2 aromatic heterocycles. The predicted octanol–water partition coefficient (Wildman–Crippen LogP) is 3.15. The lowest BCUT2D eigenvalue weighted by molar-refractivity contribution is -0.117. The monoisotopic (exact) mass is 406 g/mol. The summed E-state index contributed by atoms with van der Waals surface area (Å²) in [6, 6.07) is 7.53. The molecule has 3 heterocycles. The van der Waals surface area contributed by atoms with E-state index >= 15 is 0 Å². The van der Waals surface area contributed by atoms with Crippen molar-refractivity contribution in [2.45, 2.75) is 31.5 Å². The number of nitrogens with one attached hydrogen (secondary N) is 3. The van der Waals surface area contributed by atoms with E-state index in [1.165, 1.54) is 0 Å². The number of amides is 1. The van der Waals surface area contributed by atoms with Crippen LogP contribution in [0.2, 0.25) is 0 Å². The molecule has 1 unspecified atom stereocenters. The second-order valence-electron chi connectivity index (χ2n) is 7.94. The lowest BCUT2D eigenvalue weighted by Crippen LogP contribution is -2.45. The molecule has 2 atom stereocenters. The number of halogens is 1. The Bertz CT molecular complexity index is 1090. The minimum atomic E-state index is -0.957. The molecule has 0 radical (unpaired) electrons. The maximum absolute atomic E-state index is 14.1. The number of rotatable bonds is 5. The van der Waals surface area contributed by atoms with Crippen LogP contribution in [0.1, 0.15) is 19.3 Å². The van der Waals surface area contributed by atoms with Crippen LogP contribution in [0.5, 0.6) is 0 Å². The van der Waals surface area contributed by atoms with Gasteiger partial charge >= 0.3 is 0 Å². The molecule has 1 amide bonds. The predicted molar refractivity (Wildman–Crippen MR) is 114 cm³/mol. The van der Waals surface area contributed by atoms with Gasteiger partial charge < -0.3 is 16.0 Å². The number of hydrogen-bond acceptors (Lipinski definition) is 6. The summed E-state index contributed by atoms with van der Waals surface area (Å²) in [6.45, 7) is 1.13. The van der Waals surface area contributed by atoms with Crippen LogP contribution in [-0.2, 0) is 4.79 Å². The van der Waals surface area contributed by atoms with Gasteiger partial charge in [-0.25, -0.2) is 14.4 Å². The Kier molecular flexibility index (Phi) is 5.00. The normalized spacial score (nSPS) is 21.4. The SMILES string of the molecule is O=C(Nc1cc2cc(-c3cncc(NC4CCNC[C@@H]4F)n3)ccc2cn1)C1CC1. The van der Waals surface area contributed by atoms with Crippen molar-refractivity contribution in [3.8, 4) is 11.3 Å². The molecule has 8 heteroatoms. The van der Waals surface area contributed by atoms with Gasteiger partial charge in [-0.2, -0.15) is 0 Å². The van der Waals surface area contributed by atoms with E-state index in [0.29, 0.717) is 30.3 Å². The molecular formula is C22H23FN6O. The number of benzene rings is 1. The van der Waals surface area contributed by atoms with Crippen LogP contribution >= 0.6 is 0 Å². The quantitative estimate of drug-likeness (QED) is 0.603. The molecule has 0 spiro atoms. The van der Waals surface area contributed by atoms with E-state index in [4.69, 9.17) is 0 Å². The molecular weight excluding hydrogens is 383 g/mol. The van der Waals surface area contributed by atoms with Crippen molar-refractivity contribution in [3.63, 3.8) is 0 Å². The molecule has 154 valence electrons. The summed E-state index contributed by atoms with van der Waals surface area (Å²) in [5, 5.41) is 11.0. The smallest absolute Gasteiger partial charge is 0.228 e. The highest BCUT2D eigenvalue weighted by Gasteiger charge is 2.29. The highest BCUT2D eigenvalue weighted by atomic mass is 19.1. The molecule has 1 aromatic carbocycles. The maximum Gasteiger partial charge on any atom is 0.228 e. The second kappa shape index (κ2) is 7.95. The fourth-order valence-electron chi connectivity index (χ4n) is 3.69. The standard InChI is InChI=1S/C22H23FN6O/c23-17-10-24-6-5-18(17)27-21-12-25-11-19(28-21)14-3-4-15-9-26-20(8-16(15)7-14)29-22(30)13-1-2-13/h3-4,7-9,11-13,17-18,24H,1-2,5-6,10H2,(H,27,28)(H,26,29,30)/t17-,18?/m0/s1. The molecule has 1 aliphatic carbocycles. The Morgan fingerprint density at radius 2 is 1.97 bits per heavy atom. The topological polar surface area (TPSA) is 91.8 Å². The van der Waals surface area contributed by atoms with E-state index in [1.807, 2.05) is 24.3 Å². The van der Waals surface area contributed by atoms with Gasteiger partial charge in [-0.3, -0.25) is 9.78 Å². The Labute approximate surface area is 173 Å². The summed E-state index contributed by atoms with van der Waals surface area (Å²) in [6.07, 6.45) is 6.71. The number of aromatic nitrogens is 3. The van der Waals surface area contributed by atoms with Crippen LogP contribution in [0.4, 0.5) is 16.0 Å². The number of carbonyl (C=O) groups is 1. The van der Waals surface area contributed by atoms with Gasteiger partial charge in [0, 0.05) is 29.6 Å². The van der Waals surface area contributed by atoms with Crippen LogP contribution in [0.3, 0.4) is 0 Å². The van der Waals surface area contributed by atoms with Gasteiger partial charge in [-0.05, 0) is 43.3 Å². The van der Waals surface area contributed by atoms with E-state index in [0.717, 1.165) is 35.7 Å². The first-order chi connectivity index (χ1) is 14.7. The minimum absolute atomic E-state index is 0.0340. The van der Waals surface area contributed by atoms with Gasteiger partial charge in [0.05, 0.1) is 24.1 Å². The highest BCUT2D eigenvalue weighted by molar-refractivity contribution is 5.95. The number of carbonyl (C=O) groups excluding carboxylic acids is 1. The first-order valence-electron chi connectivity index (χ1n) is 10.3. The largest absolute Gasteiger partial charge is 0.363 e. The molecule has 0 bridgehead atoms. The highest BCUT2D eigenvalue weighted by Crippen LogP contribution is 2.30. The molecule has 1 saturated carbocycles. The van der Waals surface area contributed by atoms with Crippen molar-refractivity contribution >= 4 is 28.3 Å². The van der Waals surface area contributed by atoms with Gasteiger partial charge in [0.25, 0.3) is 0 Å². The maximum atomic E-state index is 14.1. The van der Waals surface area contributed by atoms with Crippen LogP contribution in [0.25, 0.3) is 22.0 Å². The van der Waals surface area contributed by atoms with Crippen molar-refractivity contribution in [1.82, 2.24) is 20.3 Å². The fraction of sp³-hybridized carbons (Fsp3) is 0.364. The third-order valence-corrected chi connectivity index (χ3v) is 5.59. The van der Waals surface area contributed by atoms with E-state index < -0.39 is 6.17 Å². The second-order valence-corrected chi connectivity index (χ2v) is 7.94. The summed E-state index contributed by atoms with van der Waals surface area (Å²) in [5.74, 6) is 1.28. The Hall–Kier alpha value is -3.13. The average Bonchev–Trinajstić information content (AvgIpc) is 3.61. The Morgan fingerprint density at radius 1 is 1.07 bits per heavy atom. The summed E-state index contributed by atoms with van der Waals surface area (Å²) < 4.78 is 14.1. The van der Waals surface area contributed by atoms with E-state index in [2.05, 4.69) is 30.9 Å². The molecule has 7 nitrogen and oxygen atoms in total. The van der Waals surface area contributed by atoms with Crippen LogP contribution < -0.4 is 16.0 Å². The molecule has 30 heavy (non-hydrogen) atoms. The molecule has 1 aliphatic heterocycles.